The van der Waals surface area contributed by atoms with Crippen molar-refractivity contribution in [3.63, 3.8) is 0 Å². The zero-order chi connectivity index (χ0) is 18.8. The lowest BCUT2D eigenvalue weighted by molar-refractivity contribution is 0.110. The molecule has 0 bridgehead atoms. The van der Waals surface area contributed by atoms with Gasteiger partial charge < -0.3 is 14.8 Å². The fraction of sp³-hybridized carbons (Fsp3) is 0.364. The van der Waals surface area contributed by atoms with Gasteiger partial charge in [0.05, 0.1) is 12.6 Å². The van der Waals surface area contributed by atoms with E-state index in [2.05, 4.69) is 29.6 Å². The summed E-state index contributed by atoms with van der Waals surface area (Å²) in [6, 6.07) is 12.0. The van der Waals surface area contributed by atoms with Crippen LogP contribution in [0.5, 0.6) is 5.75 Å². The molecule has 3 unspecified atom stereocenters. The van der Waals surface area contributed by atoms with Crippen molar-refractivity contribution in [2.75, 3.05) is 25.1 Å². The second kappa shape index (κ2) is 8.14. The van der Waals surface area contributed by atoms with Crippen LogP contribution >= 0.6 is 23.2 Å². The Bertz CT molecular complexity index is 832. The van der Waals surface area contributed by atoms with Gasteiger partial charge in [-0.25, -0.2) is 0 Å². The Hall–Kier alpha value is -1.68. The molecule has 0 amide bonds. The Labute approximate surface area is 170 Å². The van der Waals surface area contributed by atoms with Gasteiger partial charge in [-0.1, -0.05) is 41.4 Å². The fourth-order valence-electron chi connectivity index (χ4n) is 4.12. The van der Waals surface area contributed by atoms with Crippen molar-refractivity contribution in [2.45, 2.75) is 25.3 Å². The van der Waals surface area contributed by atoms with E-state index in [1.54, 1.807) is 0 Å². The summed E-state index contributed by atoms with van der Waals surface area (Å²) < 4.78 is 11.2. The first-order chi connectivity index (χ1) is 13.2. The smallest absolute Gasteiger partial charge is 0.119 e. The number of fused-ring (bicyclic) bond motifs is 3. The molecule has 0 saturated heterocycles. The molecule has 1 heterocycles. The van der Waals surface area contributed by atoms with Crippen LogP contribution in [0.15, 0.2) is 48.6 Å². The van der Waals surface area contributed by atoms with Crippen molar-refractivity contribution >= 4 is 28.9 Å². The summed E-state index contributed by atoms with van der Waals surface area (Å²) in [6.07, 6.45) is 5.55. The molecule has 0 fully saturated rings. The predicted octanol–water partition coefficient (Wildman–Crippen LogP) is 6.24. The Morgan fingerprint density at radius 2 is 1.93 bits per heavy atom. The molecule has 1 N–H and O–H groups in total. The second-order valence-electron chi connectivity index (χ2n) is 6.91. The summed E-state index contributed by atoms with van der Waals surface area (Å²) in [5.74, 6) is 1.59. The lowest BCUT2D eigenvalue weighted by Crippen LogP contribution is -2.29. The molecular formula is C22H23Cl2NO2. The highest BCUT2D eigenvalue weighted by molar-refractivity contribution is 6.36. The van der Waals surface area contributed by atoms with E-state index in [1.165, 1.54) is 5.56 Å². The number of hydrogen-bond acceptors (Lipinski definition) is 3. The van der Waals surface area contributed by atoms with Crippen molar-refractivity contribution in [2.24, 2.45) is 5.92 Å². The van der Waals surface area contributed by atoms with Crippen molar-refractivity contribution < 1.29 is 9.47 Å². The molecule has 2 aromatic carbocycles. The molecule has 0 saturated carbocycles. The largest absolute Gasteiger partial charge is 0.491 e. The molecule has 5 heteroatoms. The topological polar surface area (TPSA) is 30.5 Å². The quantitative estimate of drug-likeness (QED) is 0.457. The van der Waals surface area contributed by atoms with Crippen LogP contribution in [0.3, 0.4) is 0 Å². The van der Waals surface area contributed by atoms with E-state index in [0.29, 0.717) is 41.7 Å². The molecule has 3 nitrogen and oxygen atoms in total. The lowest BCUT2D eigenvalue weighted by Gasteiger charge is -2.38. The third-order valence-electron chi connectivity index (χ3n) is 5.35. The van der Waals surface area contributed by atoms with Crippen molar-refractivity contribution in [1.82, 2.24) is 0 Å². The van der Waals surface area contributed by atoms with Crippen molar-refractivity contribution in [3.05, 3.63) is 69.7 Å². The van der Waals surface area contributed by atoms with Gasteiger partial charge in [0.1, 0.15) is 12.4 Å². The number of benzene rings is 2. The van der Waals surface area contributed by atoms with E-state index < -0.39 is 0 Å². The van der Waals surface area contributed by atoms with Crippen LogP contribution < -0.4 is 10.1 Å². The number of rotatable bonds is 6. The third-order valence-corrected chi connectivity index (χ3v) is 6.00. The van der Waals surface area contributed by atoms with Crippen LogP contribution in [0.2, 0.25) is 10.0 Å². The van der Waals surface area contributed by atoms with Gasteiger partial charge in [0.25, 0.3) is 0 Å². The van der Waals surface area contributed by atoms with Crippen LogP contribution in [0.4, 0.5) is 5.69 Å². The van der Waals surface area contributed by atoms with Crippen LogP contribution in [0.1, 0.15) is 36.4 Å². The van der Waals surface area contributed by atoms with Crippen LogP contribution in [0, 0.1) is 5.92 Å². The molecule has 3 atom stereocenters. The Morgan fingerprint density at radius 1 is 1.11 bits per heavy atom. The molecule has 2 aromatic rings. The summed E-state index contributed by atoms with van der Waals surface area (Å²) in [7, 11) is 0. The predicted molar refractivity (Wildman–Crippen MR) is 111 cm³/mol. The van der Waals surface area contributed by atoms with Gasteiger partial charge in [0.2, 0.25) is 0 Å². The minimum absolute atomic E-state index is 0.0865. The van der Waals surface area contributed by atoms with Crippen LogP contribution in [-0.2, 0) is 4.74 Å². The van der Waals surface area contributed by atoms with Gasteiger partial charge in [-0.2, -0.15) is 0 Å². The van der Waals surface area contributed by atoms with Gasteiger partial charge >= 0.3 is 0 Å². The zero-order valence-corrected chi connectivity index (χ0v) is 16.8. The summed E-state index contributed by atoms with van der Waals surface area (Å²) in [5, 5.41) is 5.11. The third kappa shape index (κ3) is 3.69. The van der Waals surface area contributed by atoms with Gasteiger partial charge in [-0.05, 0) is 55.2 Å². The van der Waals surface area contributed by atoms with Crippen LogP contribution in [-0.4, -0.2) is 19.8 Å². The van der Waals surface area contributed by atoms with E-state index in [1.807, 2.05) is 31.2 Å². The molecule has 1 aliphatic carbocycles. The summed E-state index contributed by atoms with van der Waals surface area (Å²) in [4.78, 5) is 0. The maximum Gasteiger partial charge on any atom is 0.119 e. The lowest BCUT2D eigenvalue weighted by atomic mass is 9.77. The summed E-state index contributed by atoms with van der Waals surface area (Å²) >= 11 is 13.0. The molecule has 1 aliphatic heterocycles. The van der Waals surface area contributed by atoms with Gasteiger partial charge in [-0.15, -0.1) is 0 Å². The normalized spacial score (nSPS) is 22.9. The zero-order valence-electron chi connectivity index (χ0n) is 15.3. The Morgan fingerprint density at radius 3 is 2.70 bits per heavy atom. The van der Waals surface area contributed by atoms with E-state index >= 15 is 0 Å². The van der Waals surface area contributed by atoms with Gasteiger partial charge in [-0.3, -0.25) is 0 Å². The highest BCUT2D eigenvalue weighted by atomic mass is 35.5. The summed E-state index contributed by atoms with van der Waals surface area (Å²) in [5.41, 5.74) is 3.37. The minimum atomic E-state index is 0.0865. The average molecular weight is 404 g/mol. The van der Waals surface area contributed by atoms with E-state index in [-0.39, 0.29) is 6.04 Å². The maximum absolute atomic E-state index is 6.51. The molecule has 142 valence electrons. The number of ether oxygens (including phenoxy) is 2. The first-order valence-corrected chi connectivity index (χ1v) is 10.2. The average Bonchev–Trinajstić information content (AvgIpc) is 3.15. The molecule has 27 heavy (non-hydrogen) atoms. The SMILES string of the molecule is CCOCCOc1ccc2c(c1)C1C=CCC1C(c1c(Cl)cccc1Cl)N2. The minimum Gasteiger partial charge on any atom is -0.491 e. The highest BCUT2D eigenvalue weighted by Crippen LogP contribution is 2.52. The molecule has 0 aromatic heterocycles. The fourth-order valence-corrected chi connectivity index (χ4v) is 4.75. The number of nitrogens with one attached hydrogen (secondary N) is 1. The number of hydrogen-bond donors (Lipinski definition) is 1. The molecule has 4 rings (SSSR count). The maximum atomic E-state index is 6.51. The van der Waals surface area contributed by atoms with Crippen LogP contribution in [0.25, 0.3) is 0 Å². The number of anilines is 1. The number of halogens is 2. The standard InChI is InChI=1S/C22H23Cl2NO2/c1-2-26-11-12-27-14-9-10-20-17(13-14)15-5-3-6-16(15)22(25-20)21-18(23)7-4-8-19(21)24/h3-5,7-10,13,15-16,22,25H,2,6,11-12H2,1H3. The molecule has 0 spiro atoms. The molecule has 2 aliphatic rings. The Balaban J connectivity index is 1.63. The van der Waals surface area contributed by atoms with Crippen molar-refractivity contribution in [1.29, 1.82) is 0 Å². The molecule has 0 radical (unpaired) electrons. The number of allylic oxidation sites excluding steroid dienone is 2. The van der Waals surface area contributed by atoms with E-state index in [9.17, 15) is 0 Å². The Kier molecular flexibility index (Phi) is 5.63. The summed E-state index contributed by atoms with van der Waals surface area (Å²) in [6.45, 7) is 3.85. The monoisotopic (exact) mass is 403 g/mol. The van der Waals surface area contributed by atoms with E-state index in [0.717, 1.165) is 23.4 Å². The van der Waals surface area contributed by atoms with E-state index in [4.69, 9.17) is 32.7 Å². The first kappa shape index (κ1) is 18.7. The first-order valence-electron chi connectivity index (χ1n) is 9.40. The van der Waals surface area contributed by atoms with Crippen molar-refractivity contribution in [3.8, 4) is 5.75 Å². The second-order valence-corrected chi connectivity index (χ2v) is 7.72. The molecular weight excluding hydrogens is 381 g/mol. The highest BCUT2D eigenvalue weighted by Gasteiger charge is 2.39. The van der Waals surface area contributed by atoms with Gasteiger partial charge in [0.15, 0.2) is 0 Å². The van der Waals surface area contributed by atoms with Gasteiger partial charge in [0, 0.05) is 33.8 Å².